The predicted molar refractivity (Wildman–Crippen MR) is 127 cm³/mol. The van der Waals surface area contributed by atoms with Gasteiger partial charge in [-0.15, -0.1) is 0 Å². The van der Waals surface area contributed by atoms with Crippen LogP contribution in [-0.2, 0) is 6.54 Å². The highest BCUT2D eigenvalue weighted by Gasteiger charge is 2.26. The van der Waals surface area contributed by atoms with E-state index in [0.717, 1.165) is 41.9 Å². The van der Waals surface area contributed by atoms with Gasteiger partial charge in [0.15, 0.2) is 0 Å². The highest BCUT2D eigenvalue weighted by molar-refractivity contribution is 5.97. The van der Waals surface area contributed by atoms with E-state index in [4.69, 9.17) is 0 Å². The van der Waals surface area contributed by atoms with Crippen LogP contribution in [0.4, 0.5) is 5.69 Å². The smallest absolute Gasteiger partial charge is 0.253 e. The first kappa shape index (κ1) is 23.1. The van der Waals surface area contributed by atoms with Gasteiger partial charge in [0.25, 0.3) is 11.5 Å². The largest absolute Gasteiger partial charge is 0.369 e. The van der Waals surface area contributed by atoms with Crippen LogP contribution in [0, 0.1) is 20.8 Å². The number of aryl methyl sites for hydroxylation is 2. The molecule has 1 aromatic carbocycles. The van der Waals surface area contributed by atoms with E-state index in [1.165, 1.54) is 12.8 Å². The monoisotopic (exact) mass is 424 g/mol. The number of pyridine rings is 1. The molecular weight excluding hydrogens is 388 g/mol. The van der Waals surface area contributed by atoms with Crippen molar-refractivity contribution in [3.8, 4) is 0 Å². The molecule has 1 amide bonds. The van der Waals surface area contributed by atoms with Crippen LogP contribution in [0.1, 0.15) is 65.3 Å². The van der Waals surface area contributed by atoms with Crippen molar-refractivity contribution in [2.45, 2.75) is 72.0 Å². The summed E-state index contributed by atoms with van der Waals surface area (Å²) >= 11 is 0. The molecule has 1 aromatic heterocycles. The lowest BCUT2D eigenvalue weighted by Crippen LogP contribution is -2.42. The van der Waals surface area contributed by atoms with Gasteiger partial charge in [-0.1, -0.05) is 6.07 Å². The summed E-state index contributed by atoms with van der Waals surface area (Å²) in [5.41, 5.74) is 4.97. The number of anilines is 1. The average Bonchev–Trinajstić information content (AvgIpc) is 2.75. The van der Waals surface area contributed by atoms with E-state index in [1.54, 1.807) is 0 Å². The Morgan fingerprint density at radius 3 is 2.48 bits per heavy atom. The van der Waals surface area contributed by atoms with Crippen LogP contribution in [-0.4, -0.2) is 36.6 Å². The minimum atomic E-state index is -0.145. The molecule has 0 bridgehead atoms. The Labute approximate surface area is 185 Å². The fraction of sp³-hybridized carbons (Fsp3) is 0.520. The summed E-state index contributed by atoms with van der Waals surface area (Å²) in [6.07, 6.45) is 4.68. The number of nitrogens with one attached hydrogen (secondary N) is 3. The minimum absolute atomic E-state index is 0.141. The highest BCUT2D eigenvalue weighted by atomic mass is 16.1. The average molecular weight is 425 g/mol. The first-order valence-electron chi connectivity index (χ1n) is 11.4. The van der Waals surface area contributed by atoms with Crippen molar-refractivity contribution in [2.24, 2.45) is 0 Å². The van der Waals surface area contributed by atoms with Gasteiger partial charge in [-0.05, 0) is 89.8 Å². The van der Waals surface area contributed by atoms with E-state index in [0.29, 0.717) is 23.2 Å². The molecule has 3 N–H and O–H groups in total. The summed E-state index contributed by atoms with van der Waals surface area (Å²) < 4.78 is 0. The lowest BCUT2D eigenvalue weighted by atomic mass is 9.89. The topological polar surface area (TPSA) is 77.2 Å². The number of hydrogen-bond donors (Lipinski definition) is 3. The lowest BCUT2D eigenvalue weighted by molar-refractivity contribution is 0.0950. The molecule has 168 valence electrons. The van der Waals surface area contributed by atoms with E-state index in [2.05, 4.69) is 33.5 Å². The second-order valence-electron chi connectivity index (χ2n) is 8.66. The maximum Gasteiger partial charge on any atom is 0.253 e. The Morgan fingerprint density at radius 2 is 1.87 bits per heavy atom. The van der Waals surface area contributed by atoms with Crippen molar-refractivity contribution in [1.82, 2.24) is 15.6 Å². The number of hydrogen-bond acceptors (Lipinski definition) is 4. The van der Waals surface area contributed by atoms with Crippen molar-refractivity contribution in [3.05, 3.63) is 62.6 Å². The molecule has 0 saturated heterocycles. The number of rotatable bonds is 7. The standard InChI is InChI=1S/C25H36N4O2/c1-6-29(20-12-10-19(26-5)11-13-20)23-9-7-8-21(18(23)4)24(30)27-15-22-16(2)14-17(3)28-25(22)31/h7-9,14,19-20,26H,6,10-13,15H2,1-5H3,(H,27,30)(H,28,31). The van der Waals surface area contributed by atoms with Crippen LogP contribution in [0.25, 0.3) is 0 Å². The fourth-order valence-electron chi connectivity index (χ4n) is 4.85. The summed E-state index contributed by atoms with van der Waals surface area (Å²) in [5, 5.41) is 6.35. The van der Waals surface area contributed by atoms with Crippen LogP contribution < -0.4 is 21.1 Å². The molecule has 6 nitrogen and oxygen atoms in total. The van der Waals surface area contributed by atoms with Gasteiger partial charge in [0.05, 0.1) is 0 Å². The second kappa shape index (κ2) is 10.1. The SMILES string of the molecule is CCN(c1cccc(C(=O)NCc2c(C)cc(C)[nH]c2=O)c1C)C1CCC(NC)CC1. The van der Waals surface area contributed by atoms with Crippen molar-refractivity contribution in [3.63, 3.8) is 0 Å². The fourth-order valence-corrected chi connectivity index (χ4v) is 4.85. The molecule has 3 rings (SSSR count). The highest BCUT2D eigenvalue weighted by Crippen LogP contribution is 2.31. The zero-order chi connectivity index (χ0) is 22.5. The van der Waals surface area contributed by atoms with Crippen molar-refractivity contribution in [2.75, 3.05) is 18.5 Å². The van der Waals surface area contributed by atoms with E-state index in [9.17, 15) is 9.59 Å². The van der Waals surface area contributed by atoms with E-state index in [1.807, 2.05) is 46.0 Å². The molecule has 1 aliphatic rings. The summed E-state index contributed by atoms with van der Waals surface area (Å²) in [5.74, 6) is -0.145. The summed E-state index contributed by atoms with van der Waals surface area (Å²) in [6, 6.07) is 8.99. The predicted octanol–water partition coefficient (Wildman–Crippen LogP) is 3.59. The maximum absolute atomic E-state index is 13.0. The van der Waals surface area contributed by atoms with Gasteiger partial charge in [-0.3, -0.25) is 9.59 Å². The summed E-state index contributed by atoms with van der Waals surface area (Å²) in [4.78, 5) is 30.5. The molecule has 1 aliphatic carbocycles. The van der Waals surface area contributed by atoms with Gasteiger partial charge in [0, 0.05) is 47.7 Å². The zero-order valence-electron chi connectivity index (χ0n) is 19.5. The Hall–Kier alpha value is -2.60. The minimum Gasteiger partial charge on any atom is -0.369 e. The molecule has 0 aliphatic heterocycles. The van der Waals surface area contributed by atoms with Gasteiger partial charge in [0.1, 0.15) is 0 Å². The Morgan fingerprint density at radius 1 is 1.16 bits per heavy atom. The second-order valence-corrected chi connectivity index (χ2v) is 8.66. The third-order valence-electron chi connectivity index (χ3n) is 6.67. The van der Waals surface area contributed by atoms with E-state index < -0.39 is 0 Å². The molecule has 31 heavy (non-hydrogen) atoms. The first-order valence-corrected chi connectivity index (χ1v) is 11.4. The molecule has 1 fully saturated rings. The molecule has 0 unspecified atom stereocenters. The normalized spacial score (nSPS) is 18.6. The van der Waals surface area contributed by atoms with Crippen LogP contribution in [0.5, 0.6) is 0 Å². The molecular formula is C25H36N4O2. The van der Waals surface area contributed by atoms with Crippen LogP contribution in [0.15, 0.2) is 29.1 Å². The molecule has 2 aromatic rings. The van der Waals surface area contributed by atoms with Crippen LogP contribution in [0.2, 0.25) is 0 Å². The Bertz CT molecular complexity index is 974. The van der Waals surface area contributed by atoms with Crippen molar-refractivity contribution >= 4 is 11.6 Å². The third kappa shape index (κ3) is 5.18. The third-order valence-corrected chi connectivity index (χ3v) is 6.67. The first-order chi connectivity index (χ1) is 14.8. The molecule has 1 saturated carbocycles. The number of nitrogens with zero attached hydrogens (tertiary/aromatic N) is 1. The van der Waals surface area contributed by atoms with E-state index in [-0.39, 0.29) is 18.0 Å². The van der Waals surface area contributed by atoms with E-state index >= 15 is 0 Å². The maximum atomic E-state index is 13.0. The van der Waals surface area contributed by atoms with Crippen molar-refractivity contribution < 1.29 is 4.79 Å². The number of carbonyl (C=O) groups is 1. The van der Waals surface area contributed by atoms with Gasteiger partial charge in [-0.25, -0.2) is 0 Å². The molecule has 0 radical (unpaired) electrons. The number of aromatic amines is 1. The van der Waals surface area contributed by atoms with Crippen LogP contribution >= 0.6 is 0 Å². The number of benzene rings is 1. The van der Waals surface area contributed by atoms with Crippen molar-refractivity contribution in [1.29, 1.82) is 0 Å². The van der Waals surface area contributed by atoms with Gasteiger partial charge < -0.3 is 20.5 Å². The van der Waals surface area contributed by atoms with Gasteiger partial charge in [-0.2, -0.15) is 0 Å². The van der Waals surface area contributed by atoms with Gasteiger partial charge in [0.2, 0.25) is 0 Å². The Balaban J connectivity index is 1.76. The molecule has 1 heterocycles. The lowest BCUT2D eigenvalue weighted by Gasteiger charge is -2.38. The number of amides is 1. The van der Waals surface area contributed by atoms with Crippen LogP contribution in [0.3, 0.4) is 0 Å². The molecule has 6 heteroatoms. The Kier molecular flexibility index (Phi) is 7.55. The number of aromatic nitrogens is 1. The summed E-state index contributed by atoms with van der Waals surface area (Å²) in [6.45, 7) is 9.10. The number of H-pyrrole nitrogens is 1. The zero-order valence-corrected chi connectivity index (χ0v) is 19.5. The van der Waals surface area contributed by atoms with Gasteiger partial charge >= 0.3 is 0 Å². The number of carbonyl (C=O) groups excluding carboxylic acids is 1. The molecule has 0 atom stereocenters. The quantitative estimate of drug-likeness (QED) is 0.635. The molecule has 0 spiro atoms. The summed E-state index contributed by atoms with van der Waals surface area (Å²) in [7, 11) is 2.04.